The number of benzene rings is 1. The van der Waals surface area contributed by atoms with Crippen LogP contribution in [0.15, 0.2) is 48.4 Å². The number of carbonyl (C=O) groups excluding carboxylic acids is 2. The van der Waals surface area contributed by atoms with Crippen LogP contribution >= 0.6 is 11.3 Å². The molecule has 0 saturated heterocycles. The van der Waals surface area contributed by atoms with E-state index in [0.717, 1.165) is 17.7 Å². The van der Waals surface area contributed by atoms with Crippen molar-refractivity contribution in [3.63, 3.8) is 0 Å². The molecule has 0 saturated carbocycles. The highest BCUT2D eigenvalue weighted by Crippen LogP contribution is 2.34. The van der Waals surface area contributed by atoms with Crippen LogP contribution in [0.4, 0.5) is 0 Å². The smallest absolute Gasteiger partial charge is 0.249 e. The van der Waals surface area contributed by atoms with Gasteiger partial charge in [-0.2, -0.15) is 0 Å². The van der Waals surface area contributed by atoms with E-state index >= 15 is 0 Å². The molecule has 1 aliphatic heterocycles. The van der Waals surface area contributed by atoms with Crippen LogP contribution in [0.3, 0.4) is 0 Å². The van der Waals surface area contributed by atoms with Gasteiger partial charge in [-0.3, -0.25) is 9.59 Å². The van der Waals surface area contributed by atoms with Crippen molar-refractivity contribution in [1.82, 2.24) is 9.80 Å². The Hall–Kier alpha value is -2.64. The van der Waals surface area contributed by atoms with Crippen molar-refractivity contribution in [3.05, 3.63) is 64.4 Å². The van der Waals surface area contributed by atoms with Crippen molar-refractivity contribution in [2.45, 2.75) is 19.4 Å². The third kappa shape index (κ3) is 5.29. The Balaban J connectivity index is 1.75. The lowest BCUT2D eigenvalue weighted by Crippen LogP contribution is -2.48. The summed E-state index contributed by atoms with van der Waals surface area (Å²) in [6.07, 6.45) is 2.43. The van der Waals surface area contributed by atoms with E-state index in [1.165, 1.54) is 22.5 Å². The summed E-state index contributed by atoms with van der Waals surface area (Å²) >= 11 is 1.71. The number of thiophene rings is 1. The van der Waals surface area contributed by atoms with Gasteiger partial charge in [-0.15, -0.1) is 17.9 Å². The molecule has 0 aliphatic carbocycles. The standard InChI is InChI=1S/C23H28N2O4S/c1-4-11-24(23(27)16-28-3)14-22(26)25-12-9-21-19(10-13-30-21)20(25)15-29-18-7-5-17(2)6-8-18/h4-8,10,13,20H,1,9,11-12,14-16H2,2-3H3/t20-/m0/s1. The van der Waals surface area contributed by atoms with Gasteiger partial charge in [0.25, 0.3) is 0 Å². The Labute approximate surface area is 181 Å². The van der Waals surface area contributed by atoms with Gasteiger partial charge in [0.2, 0.25) is 11.8 Å². The second-order valence-corrected chi connectivity index (χ2v) is 8.27. The minimum Gasteiger partial charge on any atom is -0.491 e. The van der Waals surface area contributed by atoms with Crippen LogP contribution in [0.25, 0.3) is 0 Å². The number of amides is 2. The molecule has 0 bridgehead atoms. The van der Waals surface area contributed by atoms with Gasteiger partial charge >= 0.3 is 0 Å². The van der Waals surface area contributed by atoms with Crippen LogP contribution in [0, 0.1) is 6.92 Å². The number of hydrogen-bond acceptors (Lipinski definition) is 5. The summed E-state index contributed by atoms with van der Waals surface area (Å²) in [6.45, 7) is 6.93. The topological polar surface area (TPSA) is 59.1 Å². The monoisotopic (exact) mass is 428 g/mol. The first-order valence-corrected chi connectivity index (χ1v) is 10.8. The lowest BCUT2D eigenvalue weighted by Gasteiger charge is -2.37. The van der Waals surface area contributed by atoms with E-state index in [1.807, 2.05) is 36.1 Å². The Morgan fingerprint density at radius 1 is 1.30 bits per heavy atom. The average molecular weight is 429 g/mol. The lowest BCUT2D eigenvalue weighted by atomic mass is 10.0. The first kappa shape index (κ1) is 22.1. The zero-order chi connectivity index (χ0) is 21.5. The fourth-order valence-corrected chi connectivity index (χ4v) is 4.49. The van der Waals surface area contributed by atoms with E-state index in [1.54, 1.807) is 17.4 Å². The molecule has 7 heteroatoms. The molecule has 1 aromatic carbocycles. The molecule has 2 aromatic rings. The van der Waals surface area contributed by atoms with Crippen LogP contribution in [-0.4, -0.2) is 61.6 Å². The second kappa shape index (κ2) is 10.4. The predicted molar refractivity (Wildman–Crippen MR) is 118 cm³/mol. The van der Waals surface area contributed by atoms with Crippen molar-refractivity contribution in [1.29, 1.82) is 0 Å². The van der Waals surface area contributed by atoms with E-state index in [4.69, 9.17) is 9.47 Å². The zero-order valence-electron chi connectivity index (χ0n) is 17.5. The van der Waals surface area contributed by atoms with E-state index in [9.17, 15) is 9.59 Å². The highest BCUT2D eigenvalue weighted by atomic mass is 32.1. The maximum Gasteiger partial charge on any atom is 0.249 e. The Morgan fingerprint density at radius 3 is 2.77 bits per heavy atom. The molecular weight excluding hydrogens is 400 g/mol. The van der Waals surface area contributed by atoms with E-state index in [2.05, 4.69) is 18.0 Å². The van der Waals surface area contributed by atoms with Crippen LogP contribution in [0.5, 0.6) is 5.75 Å². The molecule has 0 unspecified atom stereocenters. The maximum atomic E-state index is 13.2. The predicted octanol–water partition coefficient (Wildman–Crippen LogP) is 3.22. The van der Waals surface area contributed by atoms with Crippen molar-refractivity contribution in [3.8, 4) is 5.75 Å². The van der Waals surface area contributed by atoms with Gasteiger partial charge in [-0.25, -0.2) is 0 Å². The molecule has 2 heterocycles. The van der Waals surface area contributed by atoms with Crippen molar-refractivity contribution in [2.75, 3.05) is 40.0 Å². The highest BCUT2D eigenvalue weighted by Gasteiger charge is 2.33. The number of fused-ring (bicyclic) bond motifs is 1. The third-order valence-corrected chi connectivity index (χ3v) is 6.14. The summed E-state index contributed by atoms with van der Waals surface area (Å²) in [5.41, 5.74) is 2.30. The highest BCUT2D eigenvalue weighted by molar-refractivity contribution is 7.10. The van der Waals surface area contributed by atoms with Crippen LogP contribution in [0.1, 0.15) is 22.0 Å². The number of hydrogen-bond donors (Lipinski definition) is 0. The number of rotatable bonds is 9. The summed E-state index contributed by atoms with van der Waals surface area (Å²) in [5, 5.41) is 2.06. The van der Waals surface area contributed by atoms with Crippen molar-refractivity contribution < 1.29 is 19.1 Å². The van der Waals surface area contributed by atoms with Gasteiger partial charge in [-0.1, -0.05) is 23.8 Å². The quantitative estimate of drug-likeness (QED) is 0.576. The SMILES string of the molecule is C=CCN(CC(=O)N1CCc2sccc2[C@@H]1COc1ccc(C)cc1)C(=O)COC. The molecule has 3 rings (SSSR count). The van der Waals surface area contributed by atoms with Gasteiger partial charge < -0.3 is 19.3 Å². The minimum atomic E-state index is -0.230. The van der Waals surface area contributed by atoms with E-state index < -0.39 is 0 Å². The Bertz CT molecular complexity index is 878. The molecule has 30 heavy (non-hydrogen) atoms. The number of methoxy groups -OCH3 is 1. The molecule has 1 aromatic heterocycles. The molecule has 2 amide bonds. The third-order valence-electron chi connectivity index (χ3n) is 5.14. The first-order valence-electron chi connectivity index (χ1n) is 9.96. The van der Waals surface area contributed by atoms with Gasteiger partial charge in [0.05, 0.1) is 6.04 Å². The molecule has 0 fully saturated rings. The molecule has 1 atom stereocenters. The molecule has 1 aliphatic rings. The normalized spacial score (nSPS) is 15.4. The Kier molecular flexibility index (Phi) is 7.65. The fourth-order valence-electron chi connectivity index (χ4n) is 3.56. The molecule has 6 nitrogen and oxygen atoms in total. The molecule has 0 N–H and O–H groups in total. The summed E-state index contributed by atoms with van der Waals surface area (Å²) in [5.74, 6) is 0.445. The largest absolute Gasteiger partial charge is 0.491 e. The molecule has 160 valence electrons. The summed E-state index contributed by atoms with van der Waals surface area (Å²) < 4.78 is 11.0. The summed E-state index contributed by atoms with van der Waals surface area (Å²) in [4.78, 5) is 30.1. The second-order valence-electron chi connectivity index (χ2n) is 7.27. The number of aryl methyl sites for hydroxylation is 1. The van der Waals surface area contributed by atoms with Gasteiger partial charge in [0, 0.05) is 25.1 Å². The van der Waals surface area contributed by atoms with Gasteiger partial charge in [-0.05, 0) is 42.5 Å². The molecular formula is C23H28N2O4S. The van der Waals surface area contributed by atoms with Crippen molar-refractivity contribution in [2.24, 2.45) is 0 Å². The summed E-state index contributed by atoms with van der Waals surface area (Å²) in [7, 11) is 1.47. The molecule has 0 radical (unpaired) electrons. The molecule has 0 spiro atoms. The number of carbonyl (C=O) groups is 2. The summed E-state index contributed by atoms with van der Waals surface area (Å²) in [6, 6.07) is 9.77. The maximum absolute atomic E-state index is 13.2. The van der Waals surface area contributed by atoms with Gasteiger partial charge in [0.1, 0.15) is 25.5 Å². The minimum absolute atomic E-state index is 0.00524. The number of nitrogens with zero attached hydrogens (tertiary/aromatic N) is 2. The zero-order valence-corrected chi connectivity index (χ0v) is 18.3. The van der Waals surface area contributed by atoms with Crippen molar-refractivity contribution >= 4 is 23.2 Å². The van der Waals surface area contributed by atoms with E-state index in [-0.39, 0.29) is 31.0 Å². The fraction of sp³-hybridized carbons (Fsp3) is 0.391. The van der Waals surface area contributed by atoms with E-state index in [0.29, 0.717) is 19.7 Å². The van der Waals surface area contributed by atoms with Crippen LogP contribution < -0.4 is 4.74 Å². The van der Waals surface area contributed by atoms with Gasteiger partial charge in [0.15, 0.2) is 0 Å². The number of ether oxygens (including phenoxy) is 2. The first-order chi connectivity index (χ1) is 14.5. The van der Waals surface area contributed by atoms with Crippen LogP contribution in [0.2, 0.25) is 0 Å². The lowest BCUT2D eigenvalue weighted by molar-refractivity contribution is -0.144. The van der Waals surface area contributed by atoms with Crippen LogP contribution in [-0.2, 0) is 20.7 Å². The Morgan fingerprint density at radius 2 is 2.07 bits per heavy atom. The average Bonchev–Trinajstić information content (AvgIpc) is 3.22.